The molecule has 0 spiro atoms. The fourth-order valence-electron chi connectivity index (χ4n) is 1.65. The van der Waals surface area contributed by atoms with Crippen LogP contribution in [0.5, 0.6) is 0 Å². The number of benzene rings is 1. The van der Waals surface area contributed by atoms with Crippen LogP contribution in [0.25, 0.3) is 0 Å². The molecule has 0 bridgehead atoms. The third kappa shape index (κ3) is 11.5. The van der Waals surface area contributed by atoms with Gasteiger partial charge in [-0.05, 0) is 37.0 Å². The molecular weight excluding hydrogens is 333 g/mol. The molecule has 10 N–H and O–H groups in total. The molecule has 1 aromatic rings. The van der Waals surface area contributed by atoms with E-state index in [0.717, 1.165) is 0 Å². The molecule has 9 nitrogen and oxygen atoms in total. The Labute approximate surface area is 144 Å². The Morgan fingerprint density at radius 3 is 2.20 bits per heavy atom. The minimum absolute atomic E-state index is 0.0129. The van der Waals surface area contributed by atoms with Crippen LogP contribution in [-0.4, -0.2) is 46.7 Å². The molecule has 1 aromatic carbocycles. The number of guanidine groups is 1. The Morgan fingerprint density at radius 2 is 1.72 bits per heavy atom. The van der Waals surface area contributed by atoms with Gasteiger partial charge in [0.2, 0.25) is 0 Å². The Hall–Kier alpha value is -2.72. The predicted molar refractivity (Wildman–Crippen MR) is 91.2 cm³/mol. The van der Waals surface area contributed by atoms with E-state index in [-0.39, 0.29) is 18.2 Å². The monoisotopic (exact) mass is 357 g/mol. The summed E-state index contributed by atoms with van der Waals surface area (Å²) < 4.78 is 12.6. The molecule has 10 heteroatoms. The summed E-state index contributed by atoms with van der Waals surface area (Å²) in [6, 6.07) is 3.96. The third-order valence-corrected chi connectivity index (χ3v) is 2.95. The lowest BCUT2D eigenvalue weighted by molar-refractivity contribution is -0.139. The SMILES string of the molecule is NC(N)=NCCCC(N)C(=O)O.N[C@@H](Cc1cccc(F)c1)C(=O)O. The van der Waals surface area contributed by atoms with Crippen molar-refractivity contribution in [1.29, 1.82) is 0 Å². The van der Waals surface area contributed by atoms with E-state index in [1.165, 1.54) is 18.2 Å². The van der Waals surface area contributed by atoms with Gasteiger partial charge in [0.25, 0.3) is 0 Å². The van der Waals surface area contributed by atoms with Crippen molar-refractivity contribution in [3.05, 3.63) is 35.6 Å². The highest BCUT2D eigenvalue weighted by atomic mass is 19.1. The minimum atomic E-state index is -1.08. The van der Waals surface area contributed by atoms with Crippen LogP contribution in [0.3, 0.4) is 0 Å². The quantitative estimate of drug-likeness (QED) is 0.198. The van der Waals surface area contributed by atoms with Crippen LogP contribution < -0.4 is 22.9 Å². The maximum Gasteiger partial charge on any atom is 0.320 e. The van der Waals surface area contributed by atoms with E-state index in [1.54, 1.807) is 6.07 Å². The summed E-state index contributed by atoms with van der Waals surface area (Å²) in [4.78, 5) is 24.3. The molecule has 0 saturated heterocycles. The maximum absolute atomic E-state index is 12.6. The molecule has 0 aromatic heterocycles. The molecule has 0 heterocycles. The molecule has 0 saturated carbocycles. The second kappa shape index (κ2) is 11.8. The molecule has 25 heavy (non-hydrogen) atoms. The number of carbonyl (C=O) groups is 2. The lowest BCUT2D eigenvalue weighted by Gasteiger charge is -2.05. The zero-order valence-electron chi connectivity index (χ0n) is 13.6. The number of nitrogens with zero attached hydrogens (tertiary/aromatic N) is 1. The first kappa shape index (κ1) is 22.3. The smallest absolute Gasteiger partial charge is 0.320 e. The van der Waals surface area contributed by atoms with E-state index in [1.807, 2.05) is 0 Å². The second-order valence-corrected chi connectivity index (χ2v) is 5.17. The van der Waals surface area contributed by atoms with Crippen LogP contribution in [0.1, 0.15) is 18.4 Å². The van der Waals surface area contributed by atoms with Crippen LogP contribution in [0.15, 0.2) is 29.3 Å². The number of aliphatic carboxylic acids is 2. The number of aliphatic imine (C=N–C) groups is 1. The summed E-state index contributed by atoms with van der Waals surface area (Å²) in [5.74, 6) is -2.45. The molecular formula is C15H24FN5O4. The number of carboxylic acid groups (broad SMARTS) is 2. The maximum atomic E-state index is 12.6. The Balaban J connectivity index is 0.000000463. The molecule has 0 amide bonds. The molecule has 0 aliphatic rings. The van der Waals surface area contributed by atoms with Gasteiger partial charge in [0, 0.05) is 6.54 Å². The van der Waals surface area contributed by atoms with Crippen molar-refractivity contribution in [2.75, 3.05) is 6.54 Å². The first-order chi connectivity index (χ1) is 11.6. The van der Waals surface area contributed by atoms with Gasteiger partial charge >= 0.3 is 11.9 Å². The Morgan fingerprint density at radius 1 is 1.12 bits per heavy atom. The normalized spacial score (nSPS) is 12.3. The first-order valence-electron chi connectivity index (χ1n) is 7.40. The Bertz CT molecular complexity index is 593. The molecule has 140 valence electrons. The summed E-state index contributed by atoms with van der Waals surface area (Å²) in [6.45, 7) is 0.420. The van der Waals surface area contributed by atoms with Crippen molar-refractivity contribution in [3.63, 3.8) is 0 Å². The molecule has 0 fully saturated rings. The van der Waals surface area contributed by atoms with Gasteiger partial charge in [0.1, 0.15) is 17.9 Å². The molecule has 0 aliphatic heterocycles. The Kier molecular flexibility index (Phi) is 10.5. The summed E-state index contributed by atoms with van der Waals surface area (Å²) in [7, 11) is 0. The van der Waals surface area contributed by atoms with Crippen LogP contribution in [-0.2, 0) is 16.0 Å². The van der Waals surface area contributed by atoms with Crippen LogP contribution in [0.2, 0.25) is 0 Å². The molecule has 1 rings (SSSR count). The number of hydrogen-bond acceptors (Lipinski definition) is 5. The van der Waals surface area contributed by atoms with Gasteiger partial charge in [0.05, 0.1) is 0 Å². The van der Waals surface area contributed by atoms with E-state index in [4.69, 9.17) is 33.1 Å². The first-order valence-corrected chi connectivity index (χ1v) is 7.40. The fraction of sp³-hybridized carbons (Fsp3) is 0.400. The number of hydrogen-bond donors (Lipinski definition) is 6. The van der Waals surface area contributed by atoms with Gasteiger partial charge in [0.15, 0.2) is 5.96 Å². The van der Waals surface area contributed by atoms with Gasteiger partial charge in [-0.15, -0.1) is 0 Å². The van der Waals surface area contributed by atoms with E-state index in [9.17, 15) is 14.0 Å². The highest BCUT2D eigenvalue weighted by Gasteiger charge is 2.12. The van der Waals surface area contributed by atoms with E-state index < -0.39 is 24.0 Å². The van der Waals surface area contributed by atoms with Crippen molar-refractivity contribution < 1.29 is 24.2 Å². The standard InChI is InChI=1S/C9H10FNO2.C6H14N4O2/c10-7-3-1-2-6(4-7)5-8(11)9(12)13;7-4(5(11)12)2-1-3-10-6(8)9/h1-4,8H,5,11H2,(H,12,13);4H,1-3,7H2,(H,11,12)(H4,8,9,10)/t8-;/m0./s1. The largest absolute Gasteiger partial charge is 0.480 e. The molecule has 1 unspecified atom stereocenters. The van der Waals surface area contributed by atoms with Crippen molar-refractivity contribution >= 4 is 17.9 Å². The number of halogens is 1. The summed E-state index contributed by atoms with van der Waals surface area (Å²) >= 11 is 0. The summed E-state index contributed by atoms with van der Waals surface area (Å²) in [6.07, 6.45) is 1.10. The van der Waals surface area contributed by atoms with Crippen LogP contribution in [0, 0.1) is 5.82 Å². The highest BCUT2D eigenvalue weighted by molar-refractivity contribution is 5.75. The van der Waals surface area contributed by atoms with Gasteiger partial charge in [-0.25, -0.2) is 4.39 Å². The van der Waals surface area contributed by atoms with Gasteiger partial charge in [-0.2, -0.15) is 0 Å². The fourth-order valence-corrected chi connectivity index (χ4v) is 1.65. The van der Waals surface area contributed by atoms with Crippen molar-refractivity contribution in [2.24, 2.45) is 27.9 Å². The second-order valence-electron chi connectivity index (χ2n) is 5.17. The highest BCUT2D eigenvalue weighted by Crippen LogP contribution is 2.05. The number of carboxylic acids is 2. The van der Waals surface area contributed by atoms with E-state index in [2.05, 4.69) is 4.99 Å². The predicted octanol–water partition coefficient (Wildman–Crippen LogP) is -0.768. The number of nitrogens with two attached hydrogens (primary N) is 4. The summed E-state index contributed by atoms with van der Waals surface area (Å²) in [5, 5.41) is 16.9. The van der Waals surface area contributed by atoms with Gasteiger partial charge in [-0.3, -0.25) is 14.6 Å². The molecule has 0 radical (unpaired) electrons. The average Bonchev–Trinajstić information content (AvgIpc) is 2.51. The van der Waals surface area contributed by atoms with Gasteiger partial charge in [-0.1, -0.05) is 12.1 Å². The van der Waals surface area contributed by atoms with E-state index in [0.29, 0.717) is 24.9 Å². The molecule has 2 atom stereocenters. The van der Waals surface area contributed by atoms with Crippen molar-refractivity contribution in [1.82, 2.24) is 0 Å². The lowest BCUT2D eigenvalue weighted by Crippen LogP contribution is -2.32. The minimum Gasteiger partial charge on any atom is -0.480 e. The average molecular weight is 357 g/mol. The third-order valence-electron chi connectivity index (χ3n) is 2.95. The van der Waals surface area contributed by atoms with E-state index >= 15 is 0 Å². The van der Waals surface area contributed by atoms with Crippen molar-refractivity contribution in [2.45, 2.75) is 31.3 Å². The summed E-state index contributed by atoms with van der Waals surface area (Å²) in [5.41, 5.74) is 21.2. The zero-order chi connectivity index (χ0) is 19.4. The van der Waals surface area contributed by atoms with Crippen molar-refractivity contribution in [3.8, 4) is 0 Å². The van der Waals surface area contributed by atoms with Crippen LogP contribution in [0.4, 0.5) is 4.39 Å². The molecule has 0 aliphatic carbocycles. The lowest BCUT2D eigenvalue weighted by atomic mass is 10.1. The number of rotatable bonds is 8. The van der Waals surface area contributed by atoms with Crippen LogP contribution >= 0.6 is 0 Å². The van der Waals surface area contributed by atoms with Gasteiger partial charge < -0.3 is 33.1 Å². The zero-order valence-corrected chi connectivity index (χ0v) is 13.6. The topological polar surface area (TPSA) is 191 Å².